The molecule has 3 N–H and O–H groups in total. The first-order chi connectivity index (χ1) is 8.65. The number of aliphatic hydroxyl groups excluding tert-OH is 2. The summed E-state index contributed by atoms with van der Waals surface area (Å²) in [5.41, 5.74) is 0.889. The second kappa shape index (κ2) is 6.69. The van der Waals surface area contributed by atoms with E-state index < -0.39 is 6.10 Å². The Kier molecular flexibility index (Phi) is 5.24. The number of hydrogen-bond donors (Lipinski definition) is 3. The van der Waals surface area contributed by atoms with E-state index in [9.17, 15) is 5.11 Å². The van der Waals surface area contributed by atoms with Crippen LogP contribution in [-0.2, 0) is 0 Å². The molecule has 0 aromatic heterocycles. The molecule has 0 saturated heterocycles. The molecule has 0 amide bonds. The molecule has 0 fully saturated rings. The Morgan fingerprint density at radius 2 is 1.94 bits per heavy atom. The lowest BCUT2D eigenvalue weighted by atomic mass is 10.1. The van der Waals surface area contributed by atoms with E-state index in [1.807, 2.05) is 6.07 Å². The molecule has 0 aliphatic rings. The average Bonchev–Trinajstić information content (AvgIpc) is 2.43. The fourth-order valence-corrected chi connectivity index (χ4v) is 1.41. The molecule has 1 aromatic rings. The third-order valence-electron chi connectivity index (χ3n) is 2.38. The van der Waals surface area contributed by atoms with Crippen LogP contribution in [0.3, 0.4) is 0 Å². The van der Waals surface area contributed by atoms with E-state index in [2.05, 4.69) is 5.32 Å². The minimum Gasteiger partial charge on any atom is -0.493 e. The number of aliphatic hydroxyl groups is 2. The van der Waals surface area contributed by atoms with Crippen LogP contribution in [0.5, 0.6) is 11.5 Å². The molecule has 0 aliphatic heterocycles. The quantitative estimate of drug-likeness (QED) is 0.676. The molecule has 1 atom stereocenters. The van der Waals surface area contributed by atoms with Gasteiger partial charge in [-0.1, -0.05) is 0 Å². The van der Waals surface area contributed by atoms with Crippen LogP contribution in [-0.4, -0.2) is 43.7 Å². The van der Waals surface area contributed by atoms with Crippen LogP contribution in [0.4, 0.5) is 5.69 Å². The Morgan fingerprint density at radius 3 is 2.44 bits per heavy atom. The maximum absolute atomic E-state index is 9.26. The number of benzene rings is 1. The van der Waals surface area contributed by atoms with E-state index in [1.54, 1.807) is 12.1 Å². The molecule has 0 radical (unpaired) electrons. The van der Waals surface area contributed by atoms with E-state index in [1.165, 1.54) is 14.2 Å². The summed E-state index contributed by atoms with van der Waals surface area (Å²) in [6, 6.07) is 5.18. The van der Waals surface area contributed by atoms with E-state index in [-0.39, 0.29) is 13.2 Å². The third-order valence-corrected chi connectivity index (χ3v) is 2.38. The predicted molar refractivity (Wildman–Crippen MR) is 65.8 cm³/mol. The summed E-state index contributed by atoms with van der Waals surface area (Å²) in [6.07, 6.45) is -0.885. The van der Waals surface area contributed by atoms with E-state index in [0.29, 0.717) is 22.7 Å². The second-order valence-corrected chi connectivity index (χ2v) is 3.58. The van der Waals surface area contributed by atoms with Crippen LogP contribution in [0.25, 0.3) is 0 Å². The Balaban J connectivity index is 2.99. The van der Waals surface area contributed by atoms with Crippen LogP contribution < -0.4 is 14.8 Å². The maximum atomic E-state index is 9.26. The van der Waals surface area contributed by atoms with Gasteiger partial charge < -0.3 is 25.0 Å². The van der Waals surface area contributed by atoms with Gasteiger partial charge in [0.15, 0.2) is 11.5 Å². The summed E-state index contributed by atoms with van der Waals surface area (Å²) in [4.78, 5) is 0. The molecular formula is C12H16N2O4. The molecule has 0 spiro atoms. The third kappa shape index (κ3) is 3.26. The second-order valence-electron chi connectivity index (χ2n) is 3.58. The lowest BCUT2D eigenvalue weighted by Crippen LogP contribution is -2.23. The zero-order valence-corrected chi connectivity index (χ0v) is 10.3. The lowest BCUT2D eigenvalue weighted by molar-refractivity contribution is 0.105. The smallest absolute Gasteiger partial charge is 0.162 e. The van der Waals surface area contributed by atoms with Gasteiger partial charge in [0.1, 0.15) is 6.07 Å². The first kappa shape index (κ1) is 14.1. The molecule has 1 aromatic carbocycles. The van der Waals surface area contributed by atoms with Gasteiger partial charge in [0, 0.05) is 18.7 Å². The molecule has 1 unspecified atom stereocenters. The summed E-state index contributed by atoms with van der Waals surface area (Å²) >= 11 is 0. The Morgan fingerprint density at radius 1 is 1.33 bits per heavy atom. The molecule has 18 heavy (non-hydrogen) atoms. The van der Waals surface area contributed by atoms with Crippen molar-refractivity contribution in [2.75, 3.05) is 32.7 Å². The standard InChI is InChI=1S/C12H16N2O4/c1-17-11-3-8(5-13)10(4-12(11)18-2)14-6-9(16)7-15/h3-4,9,14-16H,6-7H2,1-2H3. The summed E-state index contributed by atoms with van der Waals surface area (Å²) < 4.78 is 10.2. The van der Waals surface area contributed by atoms with Crippen molar-refractivity contribution in [2.24, 2.45) is 0 Å². The minimum absolute atomic E-state index is 0.140. The number of anilines is 1. The number of nitrogens with one attached hydrogen (secondary N) is 1. The molecule has 6 nitrogen and oxygen atoms in total. The summed E-state index contributed by atoms with van der Waals surface area (Å²) in [5, 5.41) is 29.9. The maximum Gasteiger partial charge on any atom is 0.162 e. The van der Waals surface area contributed by atoms with Gasteiger partial charge >= 0.3 is 0 Å². The minimum atomic E-state index is -0.885. The molecule has 0 heterocycles. The van der Waals surface area contributed by atoms with Gasteiger partial charge in [-0.3, -0.25) is 0 Å². The molecule has 1 rings (SSSR count). The van der Waals surface area contributed by atoms with Crippen LogP contribution in [0.1, 0.15) is 5.56 Å². The van der Waals surface area contributed by atoms with Gasteiger partial charge in [-0.05, 0) is 0 Å². The molecule has 6 heteroatoms. The first-order valence-corrected chi connectivity index (χ1v) is 5.35. The number of methoxy groups -OCH3 is 2. The summed E-state index contributed by atoms with van der Waals surface area (Å²) in [5.74, 6) is 0.944. The van der Waals surface area contributed by atoms with Crippen LogP contribution in [0.2, 0.25) is 0 Å². The highest BCUT2D eigenvalue weighted by atomic mass is 16.5. The monoisotopic (exact) mass is 252 g/mol. The number of hydrogen-bond acceptors (Lipinski definition) is 6. The molecular weight excluding hydrogens is 236 g/mol. The summed E-state index contributed by atoms with van der Waals surface area (Å²) in [6.45, 7) is -0.206. The Hall–Kier alpha value is -1.97. The van der Waals surface area contributed by atoms with Crippen LogP contribution in [0, 0.1) is 11.3 Å². The fourth-order valence-electron chi connectivity index (χ4n) is 1.41. The predicted octanol–water partition coefficient (Wildman–Crippen LogP) is 0.341. The Labute approximate surface area is 105 Å². The van der Waals surface area contributed by atoms with E-state index in [4.69, 9.17) is 19.8 Å². The highest BCUT2D eigenvalue weighted by Gasteiger charge is 2.11. The SMILES string of the molecule is COc1cc(C#N)c(NCC(O)CO)cc1OC. The number of nitriles is 1. The number of nitrogens with zero attached hydrogens (tertiary/aromatic N) is 1. The molecule has 98 valence electrons. The van der Waals surface area contributed by atoms with Gasteiger partial charge in [-0.15, -0.1) is 0 Å². The average molecular weight is 252 g/mol. The largest absolute Gasteiger partial charge is 0.493 e. The van der Waals surface area contributed by atoms with Crippen molar-refractivity contribution in [3.8, 4) is 17.6 Å². The van der Waals surface area contributed by atoms with Crippen molar-refractivity contribution in [1.29, 1.82) is 5.26 Å². The van der Waals surface area contributed by atoms with Crippen molar-refractivity contribution < 1.29 is 19.7 Å². The van der Waals surface area contributed by atoms with Crippen LogP contribution in [0.15, 0.2) is 12.1 Å². The van der Waals surface area contributed by atoms with Gasteiger partial charge in [0.25, 0.3) is 0 Å². The van der Waals surface area contributed by atoms with Gasteiger partial charge in [-0.2, -0.15) is 5.26 Å². The van der Waals surface area contributed by atoms with E-state index >= 15 is 0 Å². The molecule has 0 saturated carbocycles. The highest BCUT2D eigenvalue weighted by molar-refractivity contribution is 5.64. The van der Waals surface area contributed by atoms with Gasteiger partial charge in [-0.25, -0.2) is 0 Å². The molecule has 0 bridgehead atoms. The first-order valence-electron chi connectivity index (χ1n) is 5.35. The number of rotatable bonds is 6. The Bertz CT molecular complexity index is 442. The zero-order valence-electron chi connectivity index (χ0n) is 10.3. The van der Waals surface area contributed by atoms with Crippen molar-refractivity contribution in [1.82, 2.24) is 0 Å². The van der Waals surface area contributed by atoms with Crippen molar-refractivity contribution in [3.05, 3.63) is 17.7 Å². The van der Waals surface area contributed by atoms with Crippen molar-refractivity contribution in [2.45, 2.75) is 6.10 Å². The van der Waals surface area contributed by atoms with E-state index in [0.717, 1.165) is 0 Å². The number of ether oxygens (including phenoxy) is 2. The van der Waals surface area contributed by atoms with Crippen LogP contribution >= 0.6 is 0 Å². The molecule has 0 aliphatic carbocycles. The zero-order chi connectivity index (χ0) is 13.5. The highest BCUT2D eigenvalue weighted by Crippen LogP contribution is 2.32. The lowest BCUT2D eigenvalue weighted by Gasteiger charge is -2.14. The van der Waals surface area contributed by atoms with Gasteiger partial charge in [0.2, 0.25) is 0 Å². The normalized spacial score (nSPS) is 11.5. The van der Waals surface area contributed by atoms with Crippen molar-refractivity contribution in [3.63, 3.8) is 0 Å². The van der Waals surface area contributed by atoms with Crippen molar-refractivity contribution >= 4 is 5.69 Å². The van der Waals surface area contributed by atoms with Gasteiger partial charge in [0.05, 0.1) is 38.2 Å². The fraction of sp³-hybridized carbons (Fsp3) is 0.417. The summed E-state index contributed by atoms with van der Waals surface area (Å²) in [7, 11) is 2.98. The topological polar surface area (TPSA) is 94.7 Å².